The SMILES string of the molecule is Cc1cc(-c2cccc(Br)c2Cl)ncc1CO. The average Bonchev–Trinajstić information content (AvgIpc) is 2.32. The maximum atomic E-state index is 9.11. The Kier molecular flexibility index (Phi) is 3.82. The van der Waals surface area contributed by atoms with Crippen molar-refractivity contribution >= 4 is 27.5 Å². The summed E-state index contributed by atoms with van der Waals surface area (Å²) in [6, 6.07) is 7.66. The van der Waals surface area contributed by atoms with E-state index in [1.165, 1.54) is 0 Å². The Labute approximate surface area is 113 Å². The van der Waals surface area contributed by atoms with Gasteiger partial charge in [-0.1, -0.05) is 23.7 Å². The fraction of sp³-hybridized carbons (Fsp3) is 0.154. The van der Waals surface area contributed by atoms with Gasteiger partial charge in [0.2, 0.25) is 0 Å². The van der Waals surface area contributed by atoms with Crippen molar-refractivity contribution in [2.75, 3.05) is 0 Å². The largest absolute Gasteiger partial charge is 0.392 e. The van der Waals surface area contributed by atoms with Gasteiger partial charge < -0.3 is 5.11 Å². The van der Waals surface area contributed by atoms with Gasteiger partial charge in [0.1, 0.15) is 0 Å². The number of halogens is 2. The van der Waals surface area contributed by atoms with Crippen LogP contribution in [0.15, 0.2) is 34.9 Å². The topological polar surface area (TPSA) is 33.1 Å². The van der Waals surface area contributed by atoms with Crippen LogP contribution in [0.25, 0.3) is 11.3 Å². The molecule has 0 aliphatic rings. The summed E-state index contributed by atoms with van der Waals surface area (Å²) in [5.41, 5.74) is 3.54. The van der Waals surface area contributed by atoms with Crippen molar-refractivity contribution in [2.45, 2.75) is 13.5 Å². The van der Waals surface area contributed by atoms with Gasteiger partial charge in [-0.3, -0.25) is 4.98 Å². The molecule has 1 aromatic carbocycles. The Morgan fingerprint density at radius 2 is 2.18 bits per heavy atom. The summed E-state index contributed by atoms with van der Waals surface area (Å²) >= 11 is 9.61. The van der Waals surface area contributed by atoms with E-state index in [9.17, 15) is 0 Å². The summed E-state index contributed by atoms with van der Waals surface area (Å²) in [5, 5.41) is 9.75. The highest BCUT2D eigenvalue weighted by molar-refractivity contribution is 9.10. The minimum atomic E-state index is 0.00529. The summed E-state index contributed by atoms with van der Waals surface area (Å²) in [6.07, 6.45) is 1.68. The molecule has 0 aliphatic carbocycles. The van der Waals surface area contributed by atoms with Crippen LogP contribution in [-0.2, 0) is 6.61 Å². The summed E-state index contributed by atoms with van der Waals surface area (Å²) in [4.78, 5) is 4.32. The van der Waals surface area contributed by atoms with Crippen molar-refractivity contribution < 1.29 is 5.11 Å². The first-order valence-electron chi connectivity index (χ1n) is 5.14. The molecule has 2 rings (SSSR count). The van der Waals surface area contributed by atoms with Crippen LogP contribution in [-0.4, -0.2) is 10.1 Å². The third-order valence-corrected chi connectivity index (χ3v) is 3.91. The van der Waals surface area contributed by atoms with Crippen molar-refractivity contribution in [1.82, 2.24) is 4.98 Å². The van der Waals surface area contributed by atoms with Crippen molar-refractivity contribution in [1.29, 1.82) is 0 Å². The highest BCUT2D eigenvalue weighted by Crippen LogP contribution is 2.33. The Morgan fingerprint density at radius 1 is 1.41 bits per heavy atom. The summed E-state index contributed by atoms with van der Waals surface area (Å²) < 4.78 is 0.849. The molecule has 0 fully saturated rings. The van der Waals surface area contributed by atoms with E-state index in [1.54, 1.807) is 6.20 Å². The highest BCUT2D eigenvalue weighted by Gasteiger charge is 2.09. The first kappa shape index (κ1) is 12.6. The zero-order valence-corrected chi connectivity index (χ0v) is 11.6. The van der Waals surface area contributed by atoms with E-state index in [2.05, 4.69) is 20.9 Å². The molecule has 0 unspecified atom stereocenters. The standard InChI is InChI=1S/C13H11BrClNO/c1-8-5-12(16-6-9(8)7-17)10-3-2-4-11(14)13(10)15/h2-6,17H,7H2,1H3. The number of rotatable bonds is 2. The van der Waals surface area contributed by atoms with Crippen molar-refractivity contribution in [3.63, 3.8) is 0 Å². The second kappa shape index (κ2) is 5.17. The lowest BCUT2D eigenvalue weighted by Gasteiger charge is -2.08. The van der Waals surface area contributed by atoms with Crippen LogP contribution in [0.2, 0.25) is 5.02 Å². The van der Waals surface area contributed by atoms with Gasteiger partial charge in [0.15, 0.2) is 0 Å². The number of benzene rings is 1. The second-order valence-electron chi connectivity index (χ2n) is 3.76. The fourth-order valence-corrected chi connectivity index (χ4v) is 2.19. The van der Waals surface area contributed by atoms with Gasteiger partial charge in [-0.2, -0.15) is 0 Å². The van der Waals surface area contributed by atoms with E-state index in [0.717, 1.165) is 26.9 Å². The van der Waals surface area contributed by atoms with E-state index in [1.807, 2.05) is 31.2 Å². The molecular weight excluding hydrogens is 302 g/mol. The Balaban J connectivity index is 2.54. The van der Waals surface area contributed by atoms with Gasteiger partial charge in [-0.05, 0) is 46.1 Å². The lowest BCUT2D eigenvalue weighted by Crippen LogP contribution is -1.93. The van der Waals surface area contributed by atoms with Crippen LogP contribution in [0.3, 0.4) is 0 Å². The third kappa shape index (κ3) is 2.51. The summed E-state index contributed by atoms with van der Waals surface area (Å²) in [5.74, 6) is 0. The zero-order chi connectivity index (χ0) is 12.4. The minimum absolute atomic E-state index is 0.00529. The van der Waals surface area contributed by atoms with Crippen molar-refractivity contribution in [3.8, 4) is 11.3 Å². The predicted molar refractivity (Wildman–Crippen MR) is 73.0 cm³/mol. The number of aryl methyl sites for hydroxylation is 1. The molecular formula is C13H11BrClNO. The molecule has 0 atom stereocenters. The first-order chi connectivity index (χ1) is 8.13. The molecule has 1 heterocycles. The van der Waals surface area contributed by atoms with Crippen molar-refractivity contribution in [3.05, 3.63) is 51.1 Å². The summed E-state index contributed by atoms with van der Waals surface area (Å²) in [6.45, 7) is 1.95. The number of aliphatic hydroxyl groups excluding tert-OH is 1. The number of hydrogen-bond acceptors (Lipinski definition) is 2. The second-order valence-corrected chi connectivity index (χ2v) is 4.99. The molecule has 2 nitrogen and oxygen atoms in total. The molecule has 1 aromatic heterocycles. The molecule has 0 saturated carbocycles. The molecule has 0 amide bonds. The third-order valence-electron chi connectivity index (χ3n) is 2.62. The molecule has 0 radical (unpaired) electrons. The predicted octanol–water partition coefficient (Wildman–Crippen LogP) is 3.97. The molecule has 0 bridgehead atoms. The molecule has 17 heavy (non-hydrogen) atoms. The average molecular weight is 313 g/mol. The molecule has 4 heteroatoms. The fourth-order valence-electron chi connectivity index (χ4n) is 1.60. The zero-order valence-electron chi connectivity index (χ0n) is 9.24. The van der Waals surface area contributed by atoms with Crippen LogP contribution in [0.1, 0.15) is 11.1 Å². The van der Waals surface area contributed by atoms with Crippen molar-refractivity contribution in [2.24, 2.45) is 0 Å². The molecule has 0 aliphatic heterocycles. The summed E-state index contributed by atoms with van der Waals surface area (Å²) in [7, 11) is 0. The van der Waals surface area contributed by atoms with Crippen LogP contribution in [0.5, 0.6) is 0 Å². The molecule has 1 N–H and O–H groups in total. The first-order valence-corrected chi connectivity index (χ1v) is 6.31. The van der Waals surface area contributed by atoms with Crippen LogP contribution in [0, 0.1) is 6.92 Å². The number of pyridine rings is 1. The molecule has 2 aromatic rings. The van der Waals surface area contributed by atoms with E-state index in [-0.39, 0.29) is 6.61 Å². The molecule has 0 spiro atoms. The monoisotopic (exact) mass is 311 g/mol. The van der Waals surface area contributed by atoms with Crippen LogP contribution < -0.4 is 0 Å². The lowest BCUT2D eigenvalue weighted by atomic mass is 10.1. The number of aromatic nitrogens is 1. The number of aliphatic hydroxyl groups is 1. The quantitative estimate of drug-likeness (QED) is 0.910. The van der Waals surface area contributed by atoms with E-state index in [4.69, 9.17) is 16.7 Å². The van der Waals surface area contributed by atoms with Gasteiger partial charge in [0.25, 0.3) is 0 Å². The van der Waals surface area contributed by atoms with Gasteiger partial charge in [0, 0.05) is 16.2 Å². The van der Waals surface area contributed by atoms with E-state index < -0.39 is 0 Å². The maximum absolute atomic E-state index is 9.11. The van der Waals surface area contributed by atoms with Crippen LogP contribution >= 0.6 is 27.5 Å². The maximum Gasteiger partial charge on any atom is 0.0720 e. The smallest absolute Gasteiger partial charge is 0.0720 e. The van der Waals surface area contributed by atoms with Crippen LogP contribution in [0.4, 0.5) is 0 Å². The van der Waals surface area contributed by atoms with Gasteiger partial charge >= 0.3 is 0 Å². The Bertz CT molecular complexity index is 557. The van der Waals surface area contributed by atoms with E-state index in [0.29, 0.717) is 5.02 Å². The van der Waals surface area contributed by atoms with Gasteiger partial charge in [0.05, 0.1) is 17.3 Å². The lowest BCUT2D eigenvalue weighted by molar-refractivity contribution is 0.280. The minimum Gasteiger partial charge on any atom is -0.392 e. The Hall–Kier alpha value is -0.900. The van der Waals surface area contributed by atoms with Gasteiger partial charge in [-0.15, -0.1) is 0 Å². The Morgan fingerprint density at radius 3 is 2.82 bits per heavy atom. The van der Waals surface area contributed by atoms with E-state index >= 15 is 0 Å². The highest BCUT2D eigenvalue weighted by atomic mass is 79.9. The number of hydrogen-bond donors (Lipinski definition) is 1. The normalized spacial score (nSPS) is 10.6. The number of nitrogens with zero attached hydrogens (tertiary/aromatic N) is 1. The molecule has 0 saturated heterocycles. The van der Waals surface area contributed by atoms with Gasteiger partial charge in [-0.25, -0.2) is 0 Å². The molecule has 88 valence electrons.